The smallest absolute Gasteiger partial charge is 0.0722 e. The maximum Gasteiger partial charge on any atom is 0.0722 e. The van der Waals surface area contributed by atoms with Gasteiger partial charge in [-0.3, -0.25) is 0 Å². The highest BCUT2D eigenvalue weighted by molar-refractivity contribution is 4.65. The van der Waals surface area contributed by atoms with Gasteiger partial charge < -0.3 is 19.5 Å². The van der Waals surface area contributed by atoms with Crippen molar-refractivity contribution in [2.24, 2.45) is 5.92 Å². The quantitative estimate of drug-likeness (QED) is 0.533. The van der Waals surface area contributed by atoms with Gasteiger partial charge in [0.25, 0.3) is 0 Å². The maximum absolute atomic E-state index is 5.84. The van der Waals surface area contributed by atoms with E-state index < -0.39 is 0 Å². The zero-order valence-corrected chi connectivity index (χ0v) is 11.8. The summed E-state index contributed by atoms with van der Waals surface area (Å²) in [5, 5.41) is 3.33. The molecule has 0 aliphatic heterocycles. The summed E-state index contributed by atoms with van der Waals surface area (Å²) >= 11 is 0. The van der Waals surface area contributed by atoms with Crippen molar-refractivity contribution >= 4 is 0 Å². The molecule has 0 bridgehead atoms. The van der Waals surface area contributed by atoms with E-state index in [1.165, 1.54) is 0 Å². The van der Waals surface area contributed by atoms with Crippen molar-refractivity contribution in [3.8, 4) is 0 Å². The molecule has 0 amide bonds. The van der Waals surface area contributed by atoms with Crippen molar-refractivity contribution in [3.63, 3.8) is 0 Å². The zero-order chi connectivity index (χ0) is 12.9. The Bertz CT molecular complexity index is 154. The average Bonchev–Trinajstić information content (AvgIpc) is 2.31. The predicted octanol–water partition coefficient (Wildman–Crippen LogP) is 1.69. The van der Waals surface area contributed by atoms with Crippen LogP contribution in [0.3, 0.4) is 0 Å². The first-order chi connectivity index (χ1) is 8.22. The van der Waals surface area contributed by atoms with Crippen LogP contribution in [0.4, 0.5) is 0 Å². The van der Waals surface area contributed by atoms with E-state index in [0.717, 1.165) is 32.7 Å². The van der Waals surface area contributed by atoms with E-state index >= 15 is 0 Å². The molecule has 1 unspecified atom stereocenters. The van der Waals surface area contributed by atoms with Gasteiger partial charge in [0.1, 0.15) is 0 Å². The topological polar surface area (TPSA) is 39.7 Å². The van der Waals surface area contributed by atoms with Gasteiger partial charge in [-0.25, -0.2) is 0 Å². The van der Waals surface area contributed by atoms with E-state index in [4.69, 9.17) is 14.2 Å². The van der Waals surface area contributed by atoms with E-state index in [1.54, 1.807) is 7.11 Å². The number of hydrogen-bond donors (Lipinski definition) is 1. The highest BCUT2D eigenvalue weighted by atomic mass is 16.5. The first-order valence-corrected chi connectivity index (χ1v) is 6.61. The number of methoxy groups -OCH3 is 1. The zero-order valence-electron chi connectivity index (χ0n) is 11.8. The van der Waals surface area contributed by atoms with Crippen LogP contribution in [0.15, 0.2) is 0 Å². The summed E-state index contributed by atoms with van der Waals surface area (Å²) in [7, 11) is 1.68. The molecule has 4 heteroatoms. The Kier molecular flexibility index (Phi) is 12.2. The Morgan fingerprint density at radius 2 is 1.82 bits per heavy atom. The molecule has 0 aliphatic carbocycles. The molecule has 0 rings (SSSR count). The fourth-order valence-electron chi connectivity index (χ4n) is 1.41. The van der Waals surface area contributed by atoms with Gasteiger partial charge in [-0.2, -0.15) is 0 Å². The molecule has 0 spiro atoms. The van der Waals surface area contributed by atoms with Crippen molar-refractivity contribution < 1.29 is 14.2 Å². The summed E-state index contributed by atoms with van der Waals surface area (Å²) in [6, 6.07) is 0. The number of nitrogens with one attached hydrogen (secondary N) is 1. The van der Waals surface area contributed by atoms with Gasteiger partial charge in [-0.15, -0.1) is 0 Å². The number of rotatable bonds is 12. The van der Waals surface area contributed by atoms with Gasteiger partial charge in [0.05, 0.1) is 19.3 Å². The third-order valence-corrected chi connectivity index (χ3v) is 2.54. The van der Waals surface area contributed by atoms with E-state index in [2.05, 4.69) is 26.1 Å². The van der Waals surface area contributed by atoms with Crippen molar-refractivity contribution in [2.75, 3.05) is 46.6 Å². The second-order valence-corrected chi connectivity index (χ2v) is 4.42. The van der Waals surface area contributed by atoms with Gasteiger partial charge in [0.2, 0.25) is 0 Å². The molecule has 0 heterocycles. The minimum atomic E-state index is 0.300. The van der Waals surface area contributed by atoms with Crippen LogP contribution in [0.5, 0.6) is 0 Å². The standard InChI is InChI=1S/C13H29NO3/c1-5-14-11-13(12(2)3)17-8-6-7-16-10-9-15-4/h12-14H,5-11H2,1-4H3. The fourth-order valence-corrected chi connectivity index (χ4v) is 1.41. The molecule has 0 saturated carbocycles. The summed E-state index contributed by atoms with van der Waals surface area (Å²) in [6.45, 7) is 11.3. The normalized spacial score (nSPS) is 13.2. The predicted molar refractivity (Wildman–Crippen MR) is 70.4 cm³/mol. The first-order valence-electron chi connectivity index (χ1n) is 6.61. The van der Waals surface area contributed by atoms with Crippen LogP contribution in [-0.2, 0) is 14.2 Å². The van der Waals surface area contributed by atoms with Crippen molar-refractivity contribution in [1.29, 1.82) is 0 Å². The summed E-state index contributed by atoms with van der Waals surface area (Å²) in [4.78, 5) is 0. The maximum atomic E-state index is 5.84. The van der Waals surface area contributed by atoms with Crippen LogP contribution in [-0.4, -0.2) is 52.7 Å². The third-order valence-electron chi connectivity index (χ3n) is 2.54. The summed E-state index contributed by atoms with van der Waals surface area (Å²) < 4.78 is 16.1. The molecule has 0 fully saturated rings. The lowest BCUT2D eigenvalue weighted by Gasteiger charge is -2.21. The van der Waals surface area contributed by atoms with Gasteiger partial charge >= 0.3 is 0 Å². The van der Waals surface area contributed by atoms with Crippen molar-refractivity contribution in [1.82, 2.24) is 5.32 Å². The van der Waals surface area contributed by atoms with Crippen LogP contribution < -0.4 is 5.32 Å². The molecule has 1 atom stereocenters. The van der Waals surface area contributed by atoms with Gasteiger partial charge in [-0.05, 0) is 18.9 Å². The monoisotopic (exact) mass is 247 g/mol. The van der Waals surface area contributed by atoms with Crippen molar-refractivity contribution in [2.45, 2.75) is 33.3 Å². The minimum absolute atomic E-state index is 0.300. The van der Waals surface area contributed by atoms with Gasteiger partial charge in [-0.1, -0.05) is 20.8 Å². The lowest BCUT2D eigenvalue weighted by Crippen LogP contribution is -2.33. The first kappa shape index (κ1) is 16.8. The van der Waals surface area contributed by atoms with Crippen LogP contribution in [0.1, 0.15) is 27.2 Å². The Morgan fingerprint density at radius 3 is 2.41 bits per heavy atom. The van der Waals surface area contributed by atoms with Crippen LogP contribution >= 0.6 is 0 Å². The molecule has 104 valence electrons. The molecular weight excluding hydrogens is 218 g/mol. The van der Waals surface area contributed by atoms with Crippen LogP contribution in [0.2, 0.25) is 0 Å². The van der Waals surface area contributed by atoms with E-state index in [-0.39, 0.29) is 0 Å². The summed E-state index contributed by atoms with van der Waals surface area (Å²) in [5.74, 6) is 0.545. The van der Waals surface area contributed by atoms with Gasteiger partial charge in [0.15, 0.2) is 0 Å². The summed E-state index contributed by atoms with van der Waals surface area (Å²) in [5.41, 5.74) is 0. The van der Waals surface area contributed by atoms with Crippen LogP contribution in [0, 0.1) is 5.92 Å². The Balaban J connectivity index is 3.41. The largest absolute Gasteiger partial charge is 0.382 e. The van der Waals surface area contributed by atoms with Gasteiger partial charge in [0, 0.05) is 26.9 Å². The van der Waals surface area contributed by atoms with Crippen LogP contribution in [0.25, 0.3) is 0 Å². The molecule has 4 nitrogen and oxygen atoms in total. The second kappa shape index (κ2) is 12.3. The Morgan fingerprint density at radius 1 is 1.06 bits per heavy atom. The number of hydrogen-bond acceptors (Lipinski definition) is 4. The summed E-state index contributed by atoms with van der Waals surface area (Å²) in [6.07, 6.45) is 1.24. The molecule has 0 aromatic rings. The SMILES string of the molecule is CCNCC(OCCCOCCOC)C(C)C. The highest BCUT2D eigenvalue weighted by Gasteiger charge is 2.12. The number of ether oxygens (including phenoxy) is 3. The fraction of sp³-hybridized carbons (Fsp3) is 1.00. The molecule has 0 aromatic carbocycles. The molecule has 17 heavy (non-hydrogen) atoms. The molecule has 0 aromatic heterocycles. The van der Waals surface area contributed by atoms with E-state index in [9.17, 15) is 0 Å². The Hall–Kier alpha value is -0.160. The average molecular weight is 247 g/mol. The molecule has 0 aliphatic rings. The number of likely N-dealkylation sites (N-methyl/N-ethyl adjacent to an activating group) is 1. The van der Waals surface area contributed by atoms with E-state index in [0.29, 0.717) is 25.2 Å². The molecular formula is C13H29NO3. The molecule has 0 saturated heterocycles. The third kappa shape index (κ3) is 10.7. The second-order valence-electron chi connectivity index (χ2n) is 4.42. The van der Waals surface area contributed by atoms with E-state index in [1.807, 2.05) is 0 Å². The lowest BCUT2D eigenvalue weighted by molar-refractivity contribution is 0.00461. The lowest BCUT2D eigenvalue weighted by atomic mass is 10.1. The molecule has 1 N–H and O–H groups in total. The van der Waals surface area contributed by atoms with Crippen molar-refractivity contribution in [3.05, 3.63) is 0 Å². The minimum Gasteiger partial charge on any atom is -0.382 e. The Labute approximate surface area is 106 Å². The highest BCUT2D eigenvalue weighted by Crippen LogP contribution is 2.06. The molecule has 0 radical (unpaired) electrons.